The Kier molecular flexibility index (Phi) is 9.90. The van der Waals surface area contributed by atoms with Gasteiger partial charge in [0.15, 0.2) is 0 Å². The van der Waals surface area contributed by atoms with E-state index in [-0.39, 0.29) is 22.6 Å². The van der Waals surface area contributed by atoms with Gasteiger partial charge in [0.25, 0.3) is 0 Å². The molecule has 0 N–H and O–H groups in total. The third-order valence-electron chi connectivity index (χ3n) is 8.06. The maximum atomic E-state index is 15.2. The van der Waals surface area contributed by atoms with Gasteiger partial charge in [-0.1, -0.05) is 43.3 Å². The number of ether oxygens (including phenoxy) is 1. The molecule has 0 aromatic heterocycles. The first-order valence-electron chi connectivity index (χ1n) is 14.6. The molecule has 0 radical (unpaired) electrons. The van der Waals surface area contributed by atoms with Crippen LogP contribution in [0.5, 0.6) is 5.75 Å². The number of halogens is 6. The van der Waals surface area contributed by atoms with Gasteiger partial charge < -0.3 is 4.74 Å². The second-order valence-electron chi connectivity index (χ2n) is 11.0. The monoisotopic (exact) mass is 637 g/mol. The van der Waals surface area contributed by atoms with Crippen LogP contribution >= 0.6 is 12.2 Å². The largest absolute Gasteiger partial charge is 0.432 e. The van der Waals surface area contributed by atoms with Crippen LogP contribution in [0.25, 0.3) is 22.3 Å². The molecule has 4 aromatic carbocycles. The molecule has 1 aliphatic carbocycles. The van der Waals surface area contributed by atoms with E-state index in [1.807, 2.05) is 0 Å². The third-order valence-corrected chi connectivity index (χ3v) is 8.16. The number of isothiocyanates is 1. The van der Waals surface area contributed by atoms with Crippen molar-refractivity contribution in [3.63, 3.8) is 0 Å². The number of rotatable bonds is 9. The fourth-order valence-corrected chi connectivity index (χ4v) is 5.87. The predicted octanol–water partition coefficient (Wildman–Crippen LogP) is 11.7. The van der Waals surface area contributed by atoms with Crippen molar-refractivity contribution >= 4 is 23.1 Å². The molecule has 0 unspecified atom stereocenters. The molecule has 0 spiro atoms. The van der Waals surface area contributed by atoms with E-state index in [0.717, 1.165) is 43.7 Å². The lowest BCUT2D eigenvalue weighted by molar-refractivity contribution is -0.189. The zero-order chi connectivity index (χ0) is 32.1. The molecular weight excluding hydrogens is 608 g/mol. The van der Waals surface area contributed by atoms with E-state index in [4.69, 9.17) is 0 Å². The SMILES string of the molecule is CCC=CC1CCC(c2ccc(-c3cc(F)c(C(F)(F)Oc4ccc(-c5ccc(N=C=S)cc5)c(F)c4)c(F)c3)c(F)c2)CC1. The fourth-order valence-electron chi connectivity index (χ4n) is 5.76. The van der Waals surface area contributed by atoms with Gasteiger partial charge in [0.1, 0.15) is 34.6 Å². The van der Waals surface area contributed by atoms with Gasteiger partial charge in [-0.05, 0) is 115 Å². The minimum absolute atomic E-state index is 0.0788. The molecule has 0 amide bonds. The highest BCUT2D eigenvalue weighted by atomic mass is 32.1. The number of hydrogen-bond donors (Lipinski definition) is 0. The zero-order valence-electron chi connectivity index (χ0n) is 24.3. The van der Waals surface area contributed by atoms with Crippen LogP contribution in [0.2, 0.25) is 0 Å². The molecule has 0 bridgehead atoms. The Morgan fingerprint density at radius 3 is 2.02 bits per heavy atom. The van der Waals surface area contributed by atoms with Gasteiger partial charge in [0.2, 0.25) is 0 Å². The Labute approximate surface area is 263 Å². The highest BCUT2D eigenvalue weighted by molar-refractivity contribution is 7.78. The molecule has 0 atom stereocenters. The van der Waals surface area contributed by atoms with Crippen LogP contribution in [-0.2, 0) is 6.11 Å². The van der Waals surface area contributed by atoms with Crippen LogP contribution in [0.15, 0.2) is 89.9 Å². The molecule has 0 saturated heterocycles. The van der Waals surface area contributed by atoms with Gasteiger partial charge in [0.05, 0.1) is 10.8 Å². The average molecular weight is 638 g/mol. The minimum Gasteiger partial charge on any atom is -0.429 e. The Balaban J connectivity index is 1.32. The molecule has 0 heterocycles. The molecule has 232 valence electrons. The number of aliphatic imine (C=N–C) groups is 1. The molecule has 1 fully saturated rings. The lowest BCUT2D eigenvalue weighted by Crippen LogP contribution is -2.25. The van der Waals surface area contributed by atoms with Crippen LogP contribution in [0.4, 0.5) is 32.0 Å². The van der Waals surface area contributed by atoms with E-state index in [1.54, 1.807) is 30.3 Å². The molecular formula is C36H29F6NOS. The Morgan fingerprint density at radius 1 is 0.800 bits per heavy atom. The number of hydrogen-bond acceptors (Lipinski definition) is 3. The summed E-state index contributed by atoms with van der Waals surface area (Å²) in [7, 11) is 0. The second kappa shape index (κ2) is 13.8. The summed E-state index contributed by atoms with van der Waals surface area (Å²) in [5.41, 5.74) is -0.230. The van der Waals surface area contributed by atoms with Crippen molar-refractivity contribution in [2.24, 2.45) is 10.9 Å². The van der Waals surface area contributed by atoms with Crippen molar-refractivity contribution in [1.82, 2.24) is 0 Å². The van der Waals surface area contributed by atoms with Gasteiger partial charge in [-0.25, -0.2) is 17.6 Å². The van der Waals surface area contributed by atoms with Crippen LogP contribution in [0.3, 0.4) is 0 Å². The van der Waals surface area contributed by atoms with Crippen molar-refractivity contribution in [3.8, 4) is 28.0 Å². The number of benzene rings is 4. The maximum Gasteiger partial charge on any atom is 0.432 e. The first-order valence-corrected chi connectivity index (χ1v) is 15.0. The third kappa shape index (κ3) is 7.38. The Hall–Kier alpha value is -4.20. The number of thiocarbonyl (C=S) groups is 1. The molecule has 45 heavy (non-hydrogen) atoms. The summed E-state index contributed by atoms with van der Waals surface area (Å²) >= 11 is 4.54. The topological polar surface area (TPSA) is 21.6 Å². The molecule has 2 nitrogen and oxygen atoms in total. The molecule has 4 aromatic rings. The van der Waals surface area contributed by atoms with Gasteiger partial charge in [-0.3, -0.25) is 0 Å². The summed E-state index contributed by atoms with van der Waals surface area (Å²) in [5.74, 6) is -4.83. The standard InChI is InChI=1S/C36H29F6NOS/c1-2-3-4-22-5-7-23(8-6-22)25-11-15-30(31(37)17-25)26-18-33(39)35(34(40)19-26)36(41,42)44-28-14-16-29(32(38)20-28)24-9-12-27(13-10-24)43-21-45/h3-4,9-20,22-23H,2,5-8H2,1H3. The zero-order valence-corrected chi connectivity index (χ0v) is 25.1. The smallest absolute Gasteiger partial charge is 0.429 e. The second-order valence-corrected chi connectivity index (χ2v) is 11.2. The minimum atomic E-state index is -4.51. The van der Waals surface area contributed by atoms with Crippen molar-refractivity contribution in [2.45, 2.75) is 51.1 Å². The van der Waals surface area contributed by atoms with Crippen LogP contribution in [0.1, 0.15) is 56.1 Å². The summed E-state index contributed by atoms with van der Waals surface area (Å²) in [6, 6.07) is 15.0. The maximum absolute atomic E-state index is 15.2. The van der Waals surface area contributed by atoms with E-state index >= 15 is 22.0 Å². The van der Waals surface area contributed by atoms with E-state index in [0.29, 0.717) is 35.4 Å². The first kappa shape index (κ1) is 32.2. The summed E-state index contributed by atoms with van der Waals surface area (Å²) in [6.07, 6.45) is 4.65. The number of nitrogens with zero attached hydrogens (tertiary/aromatic N) is 1. The first-order chi connectivity index (χ1) is 21.6. The van der Waals surface area contributed by atoms with Gasteiger partial charge in [-0.2, -0.15) is 13.8 Å². The Bertz CT molecular complexity index is 1730. The van der Waals surface area contributed by atoms with Crippen LogP contribution < -0.4 is 4.74 Å². The van der Waals surface area contributed by atoms with Crippen molar-refractivity contribution < 1.29 is 31.1 Å². The van der Waals surface area contributed by atoms with Crippen molar-refractivity contribution in [3.05, 3.63) is 119 Å². The summed E-state index contributed by atoms with van der Waals surface area (Å²) < 4.78 is 94.9. The normalized spacial score (nSPS) is 16.9. The highest BCUT2D eigenvalue weighted by Crippen LogP contribution is 2.40. The quantitative estimate of drug-likeness (QED) is 0.0788. The highest BCUT2D eigenvalue weighted by Gasteiger charge is 2.41. The average Bonchev–Trinajstić information content (AvgIpc) is 3.00. The van der Waals surface area contributed by atoms with Crippen LogP contribution in [-0.4, -0.2) is 5.16 Å². The van der Waals surface area contributed by atoms with E-state index < -0.39 is 40.7 Å². The molecule has 5 rings (SSSR count). The Morgan fingerprint density at radius 2 is 1.42 bits per heavy atom. The van der Waals surface area contributed by atoms with Gasteiger partial charge in [0, 0.05) is 17.2 Å². The van der Waals surface area contributed by atoms with Crippen LogP contribution in [0, 0.1) is 29.2 Å². The fraction of sp³-hybridized carbons (Fsp3) is 0.250. The van der Waals surface area contributed by atoms with Gasteiger partial charge in [-0.15, -0.1) is 0 Å². The van der Waals surface area contributed by atoms with Crippen molar-refractivity contribution in [1.29, 1.82) is 0 Å². The summed E-state index contributed by atoms with van der Waals surface area (Å²) in [4.78, 5) is 3.80. The molecule has 1 aliphatic rings. The predicted molar refractivity (Wildman–Crippen MR) is 167 cm³/mol. The molecule has 9 heteroatoms. The lowest BCUT2D eigenvalue weighted by atomic mass is 9.78. The van der Waals surface area contributed by atoms with E-state index in [2.05, 4.69) is 46.2 Å². The van der Waals surface area contributed by atoms with E-state index in [9.17, 15) is 4.39 Å². The van der Waals surface area contributed by atoms with Gasteiger partial charge >= 0.3 is 6.11 Å². The summed E-state index contributed by atoms with van der Waals surface area (Å²) in [5, 5.41) is 2.21. The van der Waals surface area contributed by atoms with E-state index in [1.165, 1.54) is 18.2 Å². The number of allylic oxidation sites excluding steroid dienone is 2. The molecule has 0 aliphatic heterocycles. The summed E-state index contributed by atoms with van der Waals surface area (Å²) in [6.45, 7) is 2.09. The number of alkyl halides is 2. The molecule has 1 saturated carbocycles. The van der Waals surface area contributed by atoms with Crippen molar-refractivity contribution in [2.75, 3.05) is 0 Å². The lowest BCUT2D eigenvalue weighted by Gasteiger charge is -2.27.